The molecule has 2 aromatic heterocycles. The third-order valence-corrected chi connectivity index (χ3v) is 6.08. The fourth-order valence-corrected chi connectivity index (χ4v) is 4.29. The van der Waals surface area contributed by atoms with Gasteiger partial charge >= 0.3 is 0 Å². The second kappa shape index (κ2) is 8.26. The van der Waals surface area contributed by atoms with Gasteiger partial charge in [-0.3, -0.25) is 9.69 Å². The minimum Gasteiger partial charge on any atom is -0.507 e. The summed E-state index contributed by atoms with van der Waals surface area (Å²) in [6.45, 7) is 8.03. The van der Waals surface area contributed by atoms with Crippen molar-refractivity contribution in [1.82, 2.24) is 20.1 Å². The monoisotopic (exact) mass is 430 g/mol. The van der Waals surface area contributed by atoms with Crippen molar-refractivity contribution in [2.24, 2.45) is 0 Å². The quantitative estimate of drug-likeness (QED) is 0.459. The van der Waals surface area contributed by atoms with E-state index in [2.05, 4.69) is 38.3 Å². The number of aryl methyl sites for hydroxylation is 2. The molecule has 3 heterocycles. The number of ether oxygens (including phenoxy) is 1. The largest absolute Gasteiger partial charge is 0.507 e. The lowest BCUT2D eigenvalue weighted by Gasteiger charge is -2.26. The van der Waals surface area contributed by atoms with Gasteiger partial charge in [0.2, 0.25) is 0 Å². The Bertz CT molecular complexity index is 1330. The minimum absolute atomic E-state index is 0.249. The number of hydrogen-bond acceptors (Lipinski definition) is 5. The van der Waals surface area contributed by atoms with Gasteiger partial charge < -0.3 is 14.8 Å². The van der Waals surface area contributed by atoms with E-state index in [4.69, 9.17) is 4.74 Å². The molecule has 0 bridgehead atoms. The topological polar surface area (TPSA) is 94.2 Å². The zero-order chi connectivity index (χ0) is 22.2. The van der Waals surface area contributed by atoms with E-state index in [1.54, 1.807) is 6.07 Å². The summed E-state index contributed by atoms with van der Waals surface area (Å²) in [7, 11) is 0. The Morgan fingerprint density at radius 3 is 2.56 bits per heavy atom. The number of aromatic amines is 2. The number of morpholine rings is 1. The standard InChI is InChI=1S/C25H26N4O3/c1-15-9-19(10-16(2)24(15)30)22-13-20(25(31)28-27-22)23-12-18-4-3-17(11-21(18)26-23)14-29-5-7-32-8-6-29/h3-4,9-13,26,30H,5-8,14H2,1-2H3,(H,28,31). The number of rotatable bonds is 4. The molecule has 0 amide bonds. The predicted octanol–water partition coefficient (Wildman–Crippen LogP) is 3.74. The summed E-state index contributed by atoms with van der Waals surface area (Å²) in [5, 5.41) is 18.0. The lowest BCUT2D eigenvalue weighted by atomic mass is 10.0. The highest BCUT2D eigenvalue weighted by Crippen LogP contribution is 2.30. The Balaban J connectivity index is 1.49. The summed E-state index contributed by atoms with van der Waals surface area (Å²) >= 11 is 0. The SMILES string of the molecule is Cc1cc(-c2cc(-c3cc4ccc(CN5CCOCC5)cc4[nH]3)c(=O)[nH]n2)cc(C)c1O. The van der Waals surface area contributed by atoms with Crippen LogP contribution in [-0.2, 0) is 11.3 Å². The first kappa shape index (κ1) is 20.5. The Labute approximate surface area is 185 Å². The van der Waals surface area contributed by atoms with E-state index >= 15 is 0 Å². The van der Waals surface area contributed by atoms with Crippen molar-refractivity contribution in [2.75, 3.05) is 26.3 Å². The van der Waals surface area contributed by atoms with Gasteiger partial charge in [-0.15, -0.1) is 0 Å². The maximum atomic E-state index is 12.6. The number of benzene rings is 2. The van der Waals surface area contributed by atoms with Gasteiger partial charge in [0.05, 0.1) is 30.2 Å². The molecule has 0 atom stereocenters. The lowest BCUT2D eigenvalue weighted by Crippen LogP contribution is -2.35. The van der Waals surface area contributed by atoms with Crippen molar-refractivity contribution < 1.29 is 9.84 Å². The van der Waals surface area contributed by atoms with Gasteiger partial charge in [0.25, 0.3) is 5.56 Å². The molecule has 3 N–H and O–H groups in total. The Kier molecular flexibility index (Phi) is 5.28. The zero-order valence-corrected chi connectivity index (χ0v) is 18.2. The molecular weight excluding hydrogens is 404 g/mol. The van der Waals surface area contributed by atoms with Crippen molar-refractivity contribution in [3.05, 3.63) is 69.5 Å². The van der Waals surface area contributed by atoms with Crippen LogP contribution < -0.4 is 5.56 Å². The number of nitrogens with one attached hydrogen (secondary N) is 2. The molecule has 0 radical (unpaired) electrons. The number of aromatic hydroxyl groups is 1. The maximum Gasteiger partial charge on any atom is 0.273 e. The van der Waals surface area contributed by atoms with Crippen LogP contribution >= 0.6 is 0 Å². The molecule has 1 fully saturated rings. The highest BCUT2D eigenvalue weighted by molar-refractivity contribution is 5.86. The molecule has 2 aromatic carbocycles. The fraction of sp³-hybridized carbons (Fsp3) is 0.280. The van der Waals surface area contributed by atoms with Crippen molar-refractivity contribution in [3.63, 3.8) is 0 Å². The number of H-pyrrole nitrogens is 2. The average molecular weight is 431 g/mol. The van der Waals surface area contributed by atoms with Crippen LogP contribution in [0.25, 0.3) is 33.4 Å². The molecule has 32 heavy (non-hydrogen) atoms. The molecule has 0 aliphatic carbocycles. The smallest absolute Gasteiger partial charge is 0.273 e. The minimum atomic E-state index is -0.249. The van der Waals surface area contributed by atoms with E-state index in [-0.39, 0.29) is 11.3 Å². The van der Waals surface area contributed by atoms with Gasteiger partial charge in [0, 0.05) is 36.1 Å². The number of phenols is 1. The number of phenolic OH excluding ortho intramolecular Hbond substituents is 1. The van der Waals surface area contributed by atoms with Crippen LogP contribution in [0.2, 0.25) is 0 Å². The lowest BCUT2D eigenvalue weighted by molar-refractivity contribution is 0.0342. The van der Waals surface area contributed by atoms with Crippen LogP contribution in [-0.4, -0.2) is 51.5 Å². The van der Waals surface area contributed by atoms with Gasteiger partial charge in [0.1, 0.15) is 5.75 Å². The first-order chi connectivity index (χ1) is 15.5. The second-order valence-electron chi connectivity index (χ2n) is 8.45. The van der Waals surface area contributed by atoms with E-state index in [1.807, 2.05) is 32.0 Å². The molecule has 1 aliphatic rings. The molecule has 1 saturated heterocycles. The highest BCUT2D eigenvalue weighted by Gasteiger charge is 2.14. The third kappa shape index (κ3) is 3.92. The van der Waals surface area contributed by atoms with Crippen LogP contribution in [0, 0.1) is 13.8 Å². The van der Waals surface area contributed by atoms with Gasteiger partial charge in [-0.2, -0.15) is 5.10 Å². The van der Waals surface area contributed by atoms with Crippen LogP contribution in [0.1, 0.15) is 16.7 Å². The number of aromatic nitrogens is 3. The van der Waals surface area contributed by atoms with Gasteiger partial charge in [-0.05, 0) is 60.9 Å². The van der Waals surface area contributed by atoms with E-state index in [1.165, 1.54) is 5.56 Å². The third-order valence-electron chi connectivity index (χ3n) is 6.08. The molecule has 0 unspecified atom stereocenters. The summed E-state index contributed by atoms with van der Waals surface area (Å²) in [4.78, 5) is 18.4. The molecule has 7 nitrogen and oxygen atoms in total. The van der Waals surface area contributed by atoms with E-state index in [0.29, 0.717) is 11.3 Å². The van der Waals surface area contributed by atoms with Crippen LogP contribution in [0.15, 0.2) is 47.3 Å². The number of nitrogens with zero attached hydrogens (tertiary/aromatic N) is 2. The Hall–Kier alpha value is -3.42. The molecule has 0 saturated carbocycles. The van der Waals surface area contributed by atoms with Crippen LogP contribution in [0.5, 0.6) is 5.75 Å². The van der Waals surface area contributed by atoms with Gasteiger partial charge in [-0.1, -0.05) is 12.1 Å². The summed E-state index contributed by atoms with van der Waals surface area (Å²) in [5.41, 5.74) is 6.30. The van der Waals surface area contributed by atoms with E-state index < -0.39 is 0 Å². The Morgan fingerprint density at radius 1 is 1.06 bits per heavy atom. The zero-order valence-electron chi connectivity index (χ0n) is 18.2. The molecule has 7 heteroatoms. The average Bonchev–Trinajstić information content (AvgIpc) is 3.21. The molecule has 4 aromatic rings. The highest BCUT2D eigenvalue weighted by atomic mass is 16.5. The number of hydrogen-bond donors (Lipinski definition) is 3. The summed E-state index contributed by atoms with van der Waals surface area (Å²) in [5.74, 6) is 0.280. The number of fused-ring (bicyclic) bond motifs is 1. The van der Waals surface area contributed by atoms with Crippen molar-refractivity contribution in [2.45, 2.75) is 20.4 Å². The normalized spacial score (nSPS) is 14.8. The first-order valence-electron chi connectivity index (χ1n) is 10.8. The fourth-order valence-electron chi connectivity index (χ4n) is 4.29. The predicted molar refractivity (Wildman–Crippen MR) is 125 cm³/mol. The summed E-state index contributed by atoms with van der Waals surface area (Å²) < 4.78 is 5.43. The van der Waals surface area contributed by atoms with Crippen molar-refractivity contribution in [1.29, 1.82) is 0 Å². The maximum absolute atomic E-state index is 12.6. The first-order valence-corrected chi connectivity index (χ1v) is 10.8. The molecule has 5 rings (SSSR count). The molecule has 1 aliphatic heterocycles. The van der Waals surface area contributed by atoms with Gasteiger partial charge in [0.15, 0.2) is 0 Å². The Morgan fingerprint density at radius 2 is 1.81 bits per heavy atom. The van der Waals surface area contributed by atoms with Crippen LogP contribution in [0.4, 0.5) is 0 Å². The molecular formula is C25H26N4O3. The second-order valence-corrected chi connectivity index (χ2v) is 8.45. The van der Waals surface area contributed by atoms with Crippen molar-refractivity contribution in [3.8, 4) is 28.3 Å². The summed E-state index contributed by atoms with van der Waals surface area (Å²) in [6, 6.07) is 13.9. The van der Waals surface area contributed by atoms with Gasteiger partial charge in [-0.25, -0.2) is 5.10 Å². The summed E-state index contributed by atoms with van der Waals surface area (Å²) in [6.07, 6.45) is 0. The van der Waals surface area contributed by atoms with E-state index in [0.717, 1.165) is 66.1 Å². The molecule has 164 valence electrons. The molecule has 0 spiro atoms. The van der Waals surface area contributed by atoms with Crippen molar-refractivity contribution >= 4 is 10.9 Å². The van der Waals surface area contributed by atoms with Crippen LogP contribution in [0.3, 0.4) is 0 Å². The van der Waals surface area contributed by atoms with E-state index in [9.17, 15) is 9.90 Å².